The number of carbonyl (C=O) groups is 1. The molecule has 0 spiro atoms. The number of rotatable bonds is 1. The van der Waals surface area contributed by atoms with Gasteiger partial charge in [-0.05, 0) is 31.1 Å². The average Bonchev–Trinajstić information content (AvgIpc) is 2.75. The van der Waals surface area contributed by atoms with Crippen molar-refractivity contribution >= 4 is 27.7 Å². The lowest BCUT2D eigenvalue weighted by atomic mass is 10.1. The van der Waals surface area contributed by atoms with Gasteiger partial charge in [0, 0.05) is 18.1 Å². The number of aryl methyl sites for hydroxylation is 1. The number of alkyl halides is 1. The highest BCUT2D eigenvalue weighted by atomic mass is 79.9. The van der Waals surface area contributed by atoms with Crippen LogP contribution in [0.5, 0.6) is 0 Å². The van der Waals surface area contributed by atoms with E-state index < -0.39 is 0 Å². The highest BCUT2D eigenvalue weighted by Crippen LogP contribution is 2.21. The van der Waals surface area contributed by atoms with Gasteiger partial charge in [0.15, 0.2) is 0 Å². The van der Waals surface area contributed by atoms with E-state index in [1.54, 1.807) is 6.08 Å². The van der Waals surface area contributed by atoms with E-state index in [0.29, 0.717) is 22.6 Å². The third-order valence-electron chi connectivity index (χ3n) is 2.96. The topological polar surface area (TPSA) is 32.7 Å². The molecule has 1 aliphatic heterocycles. The van der Waals surface area contributed by atoms with Crippen molar-refractivity contribution in [2.45, 2.75) is 13.8 Å². The minimum Gasteiger partial charge on any atom is -0.274 e. The first-order chi connectivity index (χ1) is 10.0. The summed E-state index contributed by atoms with van der Waals surface area (Å²) in [6.07, 6.45) is 1.78. The molecule has 1 aliphatic rings. The van der Waals surface area contributed by atoms with E-state index >= 15 is 0 Å². The second-order valence-electron chi connectivity index (χ2n) is 4.63. The number of amides is 1. The third-order valence-corrected chi connectivity index (χ3v) is 3.21. The summed E-state index contributed by atoms with van der Waals surface area (Å²) < 4.78 is 0. The molecule has 1 amide bonds. The second kappa shape index (κ2) is 6.55. The first-order valence-corrected chi connectivity index (χ1v) is 7.56. The molecular formula is C17H15BrN2O. The van der Waals surface area contributed by atoms with E-state index in [9.17, 15) is 4.79 Å². The van der Waals surface area contributed by atoms with Crippen LogP contribution in [0.15, 0.2) is 53.2 Å². The molecule has 1 heterocycles. The highest BCUT2D eigenvalue weighted by Gasteiger charge is 2.27. The largest absolute Gasteiger partial charge is 0.274 e. The molecule has 0 atom stereocenters. The second-order valence-corrected chi connectivity index (χ2v) is 5.13. The standard InChI is InChI=1S/C17H15BrN2O/c1-12-4-6-15(7-5-12)8-9-16-10-13(2)17(19-11-18)20(16)14(3)21/h4-7,10H,2,11H2,1,3H3. The maximum atomic E-state index is 11.8. The Morgan fingerprint density at radius 2 is 2.00 bits per heavy atom. The summed E-state index contributed by atoms with van der Waals surface area (Å²) in [6.45, 7) is 7.43. The molecule has 1 aromatic rings. The molecule has 1 aromatic carbocycles. The zero-order valence-electron chi connectivity index (χ0n) is 12.0. The van der Waals surface area contributed by atoms with Gasteiger partial charge in [0.25, 0.3) is 0 Å². The molecule has 3 nitrogen and oxygen atoms in total. The summed E-state index contributed by atoms with van der Waals surface area (Å²) >= 11 is 3.24. The average molecular weight is 343 g/mol. The normalized spacial score (nSPS) is 15.8. The Bertz CT molecular complexity index is 703. The van der Waals surface area contributed by atoms with Crippen molar-refractivity contribution in [2.24, 2.45) is 4.99 Å². The van der Waals surface area contributed by atoms with Crippen molar-refractivity contribution in [1.29, 1.82) is 0 Å². The number of hydrogen-bond acceptors (Lipinski definition) is 2. The number of hydrogen-bond donors (Lipinski definition) is 0. The zero-order valence-corrected chi connectivity index (χ0v) is 13.6. The molecule has 0 bridgehead atoms. The minimum atomic E-state index is -0.127. The van der Waals surface area contributed by atoms with Crippen LogP contribution in [-0.2, 0) is 4.79 Å². The maximum absolute atomic E-state index is 11.8. The van der Waals surface area contributed by atoms with Crippen LogP contribution in [0.4, 0.5) is 0 Å². The summed E-state index contributed by atoms with van der Waals surface area (Å²) in [6, 6.07) is 7.93. The Labute approximate surface area is 133 Å². The smallest absolute Gasteiger partial charge is 0.230 e. The Hall–Kier alpha value is -2.12. The van der Waals surface area contributed by atoms with E-state index in [2.05, 4.69) is 39.3 Å². The molecular weight excluding hydrogens is 328 g/mol. The molecule has 0 saturated carbocycles. The van der Waals surface area contributed by atoms with Crippen LogP contribution in [0.3, 0.4) is 0 Å². The number of aliphatic imine (C=N–C) groups is 1. The molecule has 0 radical (unpaired) electrons. The van der Waals surface area contributed by atoms with Crippen molar-refractivity contribution < 1.29 is 4.79 Å². The van der Waals surface area contributed by atoms with Crippen LogP contribution in [-0.4, -0.2) is 22.1 Å². The van der Waals surface area contributed by atoms with Crippen LogP contribution < -0.4 is 0 Å². The Balaban J connectivity index is 2.33. The van der Waals surface area contributed by atoms with Gasteiger partial charge in [-0.1, -0.05) is 46.1 Å². The van der Waals surface area contributed by atoms with E-state index in [1.165, 1.54) is 17.4 Å². The number of nitrogens with zero attached hydrogens (tertiary/aromatic N) is 2. The van der Waals surface area contributed by atoms with Gasteiger partial charge in [0.1, 0.15) is 11.5 Å². The zero-order chi connectivity index (χ0) is 15.4. The van der Waals surface area contributed by atoms with Crippen molar-refractivity contribution in [3.63, 3.8) is 0 Å². The predicted octanol–water partition coefficient (Wildman–Crippen LogP) is 3.40. The Morgan fingerprint density at radius 3 is 2.57 bits per heavy atom. The van der Waals surface area contributed by atoms with Crippen LogP contribution in [0, 0.1) is 18.8 Å². The van der Waals surface area contributed by atoms with Crippen LogP contribution in [0.25, 0.3) is 0 Å². The Kier molecular flexibility index (Phi) is 4.77. The first-order valence-electron chi connectivity index (χ1n) is 6.43. The van der Waals surface area contributed by atoms with Crippen molar-refractivity contribution in [1.82, 2.24) is 4.90 Å². The van der Waals surface area contributed by atoms with Crippen molar-refractivity contribution in [3.05, 3.63) is 59.3 Å². The van der Waals surface area contributed by atoms with Crippen LogP contribution >= 0.6 is 15.9 Å². The molecule has 0 unspecified atom stereocenters. The number of allylic oxidation sites excluding steroid dienone is 1. The van der Waals surface area contributed by atoms with Gasteiger partial charge in [-0.3, -0.25) is 14.7 Å². The highest BCUT2D eigenvalue weighted by molar-refractivity contribution is 9.09. The third kappa shape index (κ3) is 3.50. The molecule has 106 valence electrons. The summed E-state index contributed by atoms with van der Waals surface area (Å²) in [5.74, 6) is 6.51. The lowest BCUT2D eigenvalue weighted by molar-refractivity contribution is -0.123. The first kappa shape index (κ1) is 15.3. The lowest BCUT2D eigenvalue weighted by Crippen LogP contribution is -2.30. The summed E-state index contributed by atoms with van der Waals surface area (Å²) in [5.41, 5.74) is 3.80. The van der Waals surface area contributed by atoms with Gasteiger partial charge in [-0.2, -0.15) is 0 Å². The number of benzene rings is 1. The fourth-order valence-corrected chi connectivity index (χ4v) is 2.20. The monoisotopic (exact) mass is 342 g/mol. The molecule has 2 rings (SSSR count). The van der Waals surface area contributed by atoms with Gasteiger partial charge >= 0.3 is 0 Å². The van der Waals surface area contributed by atoms with Crippen LogP contribution in [0.2, 0.25) is 0 Å². The molecule has 0 N–H and O–H groups in total. The lowest BCUT2D eigenvalue weighted by Gasteiger charge is -2.15. The fraction of sp³-hybridized carbons (Fsp3) is 0.176. The van der Waals surface area contributed by atoms with E-state index in [1.807, 2.05) is 31.2 Å². The van der Waals surface area contributed by atoms with Crippen LogP contribution in [0.1, 0.15) is 18.1 Å². The minimum absolute atomic E-state index is 0.127. The number of amidine groups is 1. The number of halogens is 1. The van der Waals surface area contributed by atoms with Gasteiger partial charge < -0.3 is 0 Å². The number of carbonyl (C=O) groups excluding carboxylic acids is 1. The summed E-state index contributed by atoms with van der Waals surface area (Å²) in [5, 5.41) is 0. The SMILES string of the molecule is C=C1C=C(C#Cc2ccc(C)cc2)N(C(C)=O)C1=NCBr. The summed E-state index contributed by atoms with van der Waals surface area (Å²) in [7, 11) is 0. The summed E-state index contributed by atoms with van der Waals surface area (Å²) in [4.78, 5) is 17.6. The molecule has 0 fully saturated rings. The van der Waals surface area contributed by atoms with Gasteiger partial charge in [-0.25, -0.2) is 0 Å². The van der Waals surface area contributed by atoms with Gasteiger partial charge in [0.2, 0.25) is 5.91 Å². The molecule has 4 heteroatoms. The van der Waals surface area contributed by atoms with E-state index in [4.69, 9.17) is 0 Å². The molecule has 0 aromatic heterocycles. The maximum Gasteiger partial charge on any atom is 0.230 e. The molecule has 0 aliphatic carbocycles. The van der Waals surface area contributed by atoms with Gasteiger partial charge in [0.05, 0.1) is 5.45 Å². The quantitative estimate of drug-likeness (QED) is 0.437. The predicted molar refractivity (Wildman–Crippen MR) is 89.0 cm³/mol. The fourth-order valence-electron chi connectivity index (χ4n) is 1.96. The molecule has 0 saturated heterocycles. The van der Waals surface area contributed by atoms with E-state index in [-0.39, 0.29) is 5.91 Å². The van der Waals surface area contributed by atoms with E-state index in [0.717, 1.165) is 5.56 Å². The van der Waals surface area contributed by atoms with Gasteiger partial charge in [-0.15, -0.1) is 0 Å². The molecule has 21 heavy (non-hydrogen) atoms. The van der Waals surface area contributed by atoms with Crippen molar-refractivity contribution in [3.8, 4) is 11.8 Å². The van der Waals surface area contributed by atoms with Crippen molar-refractivity contribution in [2.75, 3.05) is 5.45 Å². The Morgan fingerprint density at radius 1 is 1.33 bits per heavy atom.